The molecule has 0 N–H and O–H groups in total. The molecule has 0 saturated heterocycles. The van der Waals surface area contributed by atoms with Crippen LogP contribution >= 0.6 is 0 Å². The van der Waals surface area contributed by atoms with Crippen molar-refractivity contribution in [3.63, 3.8) is 0 Å². The molecular weight excluding hydrogens is 306 g/mol. The van der Waals surface area contributed by atoms with Crippen LogP contribution in [-0.4, -0.2) is 31.9 Å². The van der Waals surface area contributed by atoms with Gasteiger partial charge in [0.1, 0.15) is 0 Å². The minimum absolute atomic E-state index is 0.547. The summed E-state index contributed by atoms with van der Waals surface area (Å²) < 4.78 is 0. The topological polar surface area (TPSA) is 18.8 Å². The number of anilines is 1. The van der Waals surface area contributed by atoms with Gasteiger partial charge in [0.2, 0.25) is 0 Å². The lowest BCUT2D eigenvalue weighted by Gasteiger charge is -2.36. The van der Waals surface area contributed by atoms with Crippen LogP contribution in [-0.2, 0) is 6.42 Å². The zero-order valence-corrected chi connectivity index (χ0v) is 15.4. The average Bonchev–Trinajstić information content (AvgIpc) is 2.67. The Hall–Kier alpha value is -2.55. The van der Waals surface area contributed by atoms with E-state index in [1.54, 1.807) is 5.01 Å². The van der Waals surface area contributed by atoms with Gasteiger partial charge in [-0.1, -0.05) is 36.4 Å². The molecule has 0 saturated carbocycles. The summed E-state index contributed by atoms with van der Waals surface area (Å²) in [4.78, 5) is 2.50. The summed E-state index contributed by atoms with van der Waals surface area (Å²) in [6.45, 7) is 10.1. The number of rotatable bonds is 5. The Balaban J connectivity index is 1.94. The van der Waals surface area contributed by atoms with E-state index >= 15 is 0 Å². The zero-order valence-electron chi connectivity index (χ0n) is 15.4. The minimum Gasteiger partial charge on any atom is -0.371 e. The van der Waals surface area contributed by atoms with E-state index in [2.05, 4.69) is 79.1 Å². The molecule has 0 amide bonds. The van der Waals surface area contributed by atoms with Gasteiger partial charge in [-0.3, -0.25) is 5.01 Å². The standard InChI is InChI=1S/C22H27N3/c1-5-25-16-21(18-9-7-6-8-10-18)14-20-13-19(11-12-22(20)25)17(2)15-24(4)23-3/h6-13,15,21H,3,5,14,16H2,1-2,4H3/b17-15+. The molecule has 2 aromatic rings. The molecule has 3 nitrogen and oxygen atoms in total. The number of hydrogen-bond donors (Lipinski definition) is 0. The van der Waals surface area contributed by atoms with E-state index in [0.717, 1.165) is 19.5 Å². The highest BCUT2D eigenvalue weighted by atomic mass is 15.4. The molecule has 3 heteroatoms. The predicted molar refractivity (Wildman–Crippen MR) is 108 cm³/mol. The summed E-state index contributed by atoms with van der Waals surface area (Å²) in [5, 5.41) is 5.67. The molecule has 0 aromatic heterocycles. The highest BCUT2D eigenvalue weighted by Gasteiger charge is 2.24. The van der Waals surface area contributed by atoms with E-state index in [4.69, 9.17) is 0 Å². The van der Waals surface area contributed by atoms with E-state index in [0.29, 0.717) is 5.92 Å². The minimum atomic E-state index is 0.547. The van der Waals surface area contributed by atoms with E-state index in [-0.39, 0.29) is 0 Å². The summed E-state index contributed by atoms with van der Waals surface area (Å²) in [5.41, 5.74) is 6.68. The first-order valence-corrected chi connectivity index (χ1v) is 8.93. The monoisotopic (exact) mass is 333 g/mol. The fourth-order valence-electron chi connectivity index (χ4n) is 3.64. The van der Waals surface area contributed by atoms with Crippen molar-refractivity contribution in [2.45, 2.75) is 26.2 Å². The molecule has 1 unspecified atom stereocenters. The Labute approximate surface area is 151 Å². The van der Waals surface area contributed by atoms with Crippen LogP contribution < -0.4 is 4.90 Å². The highest BCUT2D eigenvalue weighted by molar-refractivity contribution is 5.69. The van der Waals surface area contributed by atoms with E-state index < -0.39 is 0 Å². The van der Waals surface area contributed by atoms with Crippen LogP contribution in [0, 0.1) is 0 Å². The van der Waals surface area contributed by atoms with Crippen molar-refractivity contribution in [3.05, 3.63) is 71.4 Å². The van der Waals surface area contributed by atoms with Gasteiger partial charge in [0, 0.05) is 44.7 Å². The number of nitrogens with zero attached hydrogens (tertiary/aromatic N) is 3. The third-order valence-electron chi connectivity index (χ3n) is 5.04. The number of benzene rings is 2. The second-order valence-corrected chi connectivity index (χ2v) is 6.72. The molecular formula is C22H27N3. The molecule has 130 valence electrons. The summed E-state index contributed by atoms with van der Waals surface area (Å²) in [6.07, 6.45) is 3.11. The Morgan fingerprint density at radius 2 is 2.04 bits per heavy atom. The van der Waals surface area contributed by atoms with E-state index in [1.165, 1.54) is 28.0 Å². The highest BCUT2D eigenvalue weighted by Crippen LogP contribution is 2.36. The lowest BCUT2D eigenvalue weighted by Crippen LogP contribution is -2.34. The Bertz CT molecular complexity index is 764. The van der Waals surface area contributed by atoms with Crippen LogP contribution in [0.25, 0.3) is 5.57 Å². The van der Waals surface area contributed by atoms with Gasteiger partial charge < -0.3 is 4.90 Å². The van der Waals surface area contributed by atoms with Crippen molar-refractivity contribution >= 4 is 18.0 Å². The summed E-state index contributed by atoms with van der Waals surface area (Å²) in [6, 6.07) is 17.7. The maximum absolute atomic E-state index is 3.92. The molecule has 0 bridgehead atoms. The van der Waals surface area contributed by atoms with Crippen LogP contribution in [0.5, 0.6) is 0 Å². The van der Waals surface area contributed by atoms with Crippen LogP contribution in [0.2, 0.25) is 0 Å². The fraction of sp³-hybridized carbons (Fsp3) is 0.318. The van der Waals surface area contributed by atoms with Crippen molar-refractivity contribution in [1.82, 2.24) is 5.01 Å². The van der Waals surface area contributed by atoms with Crippen molar-refractivity contribution < 1.29 is 0 Å². The second kappa shape index (κ2) is 7.56. The zero-order chi connectivity index (χ0) is 17.8. The lowest BCUT2D eigenvalue weighted by atomic mass is 9.86. The summed E-state index contributed by atoms with van der Waals surface area (Å²) in [5.74, 6) is 0.547. The van der Waals surface area contributed by atoms with Gasteiger partial charge >= 0.3 is 0 Å². The second-order valence-electron chi connectivity index (χ2n) is 6.72. The quantitative estimate of drug-likeness (QED) is 0.580. The molecule has 0 radical (unpaired) electrons. The van der Waals surface area contributed by atoms with Crippen molar-refractivity contribution in [2.24, 2.45) is 5.10 Å². The van der Waals surface area contributed by atoms with Crippen LogP contribution in [0.3, 0.4) is 0 Å². The molecule has 1 atom stereocenters. The van der Waals surface area contributed by atoms with E-state index in [1.807, 2.05) is 13.2 Å². The van der Waals surface area contributed by atoms with Crippen LogP contribution in [0.15, 0.2) is 59.8 Å². The number of allylic oxidation sites excluding steroid dienone is 1. The average molecular weight is 333 g/mol. The number of fused-ring (bicyclic) bond motifs is 1. The first-order valence-electron chi connectivity index (χ1n) is 8.93. The molecule has 1 heterocycles. The third kappa shape index (κ3) is 3.76. The summed E-state index contributed by atoms with van der Waals surface area (Å²) >= 11 is 0. The van der Waals surface area contributed by atoms with Crippen molar-refractivity contribution in [2.75, 3.05) is 25.0 Å². The van der Waals surface area contributed by atoms with Gasteiger partial charge in [0.15, 0.2) is 0 Å². The van der Waals surface area contributed by atoms with Crippen molar-refractivity contribution in [3.8, 4) is 0 Å². The number of hydrazone groups is 1. The predicted octanol–water partition coefficient (Wildman–Crippen LogP) is 4.76. The molecule has 0 spiro atoms. The van der Waals surface area contributed by atoms with E-state index in [9.17, 15) is 0 Å². The smallest absolute Gasteiger partial charge is 0.0399 e. The Morgan fingerprint density at radius 1 is 1.28 bits per heavy atom. The molecule has 1 aliphatic heterocycles. The van der Waals surface area contributed by atoms with Gasteiger partial charge in [0.25, 0.3) is 0 Å². The SMILES string of the molecule is C=NN(C)/C=C(\C)c1ccc2c(c1)CC(c1ccccc1)CN2CC. The lowest BCUT2D eigenvalue weighted by molar-refractivity contribution is 0.496. The normalized spacial score (nSPS) is 17.2. The molecule has 0 fully saturated rings. The summed E-state index contributed by atoms with van der Waals surface area (Å²) in [7, 11) is 1.90. The van der Waals surface area contributed by atoms with Gasteiger partial charge in [-0.15, -0.1) is 0 Å². The number of likely N-dealkylation sites (N-methyl/N-ethyl adjacent to an activating group) is 1. The molecule has 2 aromatic carbocycles. The van der Waals surface area contributed by atoms with Crippen molar-refractivity contribution in [1.29, 1.82) is 0 Å². The molecule has 0 aliphatic carbocycles. The van der Waals surface area contributed by atoms with Gasteiger partial charge in [-0.25, -0.2) is 0 Å². The third-order valence-corrected chi connectivity index (χ3v) is 5.04. The molecule has 3 rings (SSSR count). The fourth-order valence-corrected chi connectivity index (χ4v) is 3.64. The Morgan fingerprint density at radius 3 is 2.72 bits per heavy atom. The van der Waals surface area contributed by atoms with Crippen LogP contribution in [0.1, 0.15) is 36.5 Å². The first-order chi connectivity index (χ1) is 12.1. The Kier molecular flexibility index (Phi) is 5.22. The molecule has 25 heavy (non-hydrogen) atoms. The maximum atomic E-state index is 3.92. The van der Waals surface area contributed by atoms with Crippen LogP contribution in [0.4, 0.5) is 5.69 Å². The van der Waals surface area contributed by atoms with Gasteiger partial charge in [-0.2, -0.15) is 5.10 Å². The molecule has 1 aliphatic rings. The van der Waals surface area contributed by atoms with Gasteiger partial charge in [0.05, 0.1) is 0 Å². The largest absolute Gasteiger partial charge is 0.371 e. The maximum Gasteiger partial charge on any atom is 0.0399 e. The first kappa shape index (κ1) is 17.3. The number of hydrogen-bond acceptors (Lipinski definition) is 3. The van der Waals surface area contributed by atoms with Gasteiger partial charge in [-0.05, 0) is 54.7 Å².